The van der Waals surface area contributed by atoms with Crippen molar-refractivity contribution < 1.29 is 4.79 Å². The van der Waals surface area contributed by atoms with E-state index in [1.807, 2.05) is 6.07 Å². The van der Waals surface area contributed by atoms with Gasteiger partial charge in [0.1, 0.15) is 11.1 Å². The van der Waals surface area contributed by atoms with Crippen LogP contribution in [0.5, 0.6) is 0 Å². The van der Waals surface area contributed by atoms with Crippen molar-refractivity contribution in [2.75, 3.05) is 0 Å². The number of nitrogens with zero attached hydrogens (tertiary/aromatic N) is 3. The van der Waals surface area contributed by atoms with Gasteiger partial charge in [-0.2, -0.15) is 10.5 Å². The fraction of sp³-hybridized carbons (Fsp3) is 0.0909. The topological polar surface area (TPSA) is 84.8 Å². The molecule has 11 heteroatoms. The molecule has 1 aromatic heterocycles. The van der Waals surface area contributed by atoms with Gasteiger partial charge in [0.2, 0.25) is 5.69 Å². The van der Waals surface area contributed by atoms with Gasteiger partial charge in [-0.3, -0.25) is 4.79 Å². The summed E-state index contributed by atoms with van der Waals surface area (Å²) in [4.78, 5) is 17.8. The minimum atomic E-state index is -0.929. The van der Waals surface area contributed by atoms with Gasteiger partial charge in [0, 0.05) is 17.7 Å². The minimum Gasteiger partial charge on any atom is -0.355 e. The van der Waals surface area contributed by atoms with E-state index in [1.165, 1.54) is 18.2 Å². The standard InChI is InChI=1S/C11H5Cl3N2.C11H6Cl2N2O.ClH/c1-15-10-5-9(16-11(10)14)6-2-3-7(12)8(13)4-6;12-9-2-1-8(4-10(9)13)11(16)3-7(5-14)6-15;/h2-5,16H;1-2,4,7H,3H2;1H. The molecule has 0 amide bonds. The second-order valence-corrected chi connectivity index (χ2v) is 8.20. The van der Waals surface area contributed by atoms with Crippen LogP contribution in [0.15, 0.2) is 42.5 Å². The van der Waals surface area contributed by atoms with Gasteiger partial charge in [-0.25, -0.2) is 4.85 Å². The number of H-pyrrole nitrogens is 1. The Morgan fingerprint density at radius 3 is 2.00 bits per heavy atom. The smallest absolute Gasteiger partial charge is 0.223 e. The molecule has 0 aliphatic rings. The molecule has 0 fully saturated rings. The van der Waals surface area contributed by atoms with Crippen molar-refractivity contribution >= 4 is 81.9 Å². The van der Waals surface area contributed by atoms with Gasteiger partial charge in [0.25, 0.3) is 0 Å². The molecule has 0 saturated carbocycles. The lowest BCUT2D eigenvalue weighted by molar-refractivity contribution is 0.0976. The van der Waals surface area contributed by atoms with Crippen molar-refractivity contribution in [3.63, 3.8) is 0 Å². The van der Waals surface area contributed by atoms with Gasteiger partial charge in [-0.15, -0.1) is 12.4 Å². The molecule has 1 N–H and O–H groups in total. The summed E-state index contributed by atoms with van der Waals surface area (Å²) in [6, 6.07) is 14.8. The van der Waals surface area contributed by atoms with Crippen LogP contribution in [-0.4, -0.2) is 10.8 Å². The molecule has 0 atom stereocenters. The first-order valence-electron chi connectivity index (χ1n) is 8.69. The third-order valence-corrected chi connectivity index (χ3v) is 5.81. The molecule has 2 aromatic carbocycles. The minimum absolute atomic E-state index is 0. The van der Waals surface area contributed by atoms with Gasteiger partial charge < -0.3 is 4.98 Å². The summed E-state index contributed by atoms with van der Waals surface area (Å²) in [7, 11) is 0. The summed E-state index contributed by atoms with van der Waals surface area (Å²) < 4.78 is 0. The Morgan fingerprint density at radius 2 is 1.52 bits per heavy atom. The van der Waals surface area contributed by atoms with E-state index in [4.69, 9.17) is 75.1 Å². The first kappa shape index (κ1) is 28.6. The molecule has 33 heavy (non-hydrogen) atoms. The fourth-order valence-electron chi connectivity index (χ4n) is 2.41. The van der Waals surface area contributed by atoms with Crippen LogP contribution >= 0.6 is 70.4 Å². The van der Waals surface area contributed by atoms with E-state index in [0.29, 0.717) is 31.5 Å². The SMILES string of the molecule is Cl.N#CC(C#N)CC(=O)c1ccc(Cl)c(Cl)c1.[C-]#[N+]c1cc(-c2ccc(Cl)c(Cl)c2)[nH]c1Cl. The molecule has 168 valence electrons. The van der Waals surface area contributed by atoms with E-state index in [9.17, 15) is 4.79 Å². The Labute approximate surface area is 221 Å². The Bertz CT molecular complexity index is 1270. The summed E-state index contributed by atoms with van der Waals surface area (Å²) in [6.45, 7) is 6.91. The van der Waals surface area contributed by atoms with Gasteiger partial charge in [-0.1, -0.05) is 64.1 Å². The maximum Gasteiger partial charge on any atom is 0.223 e. The zero-order valence-corrected chi connectivity index (χ0v) is 21.0. The molecule has 5 nitrogen and oxygen atoms in total. The van der Waals surface area contributed by atoms with E-state index < -0.39 is 5.92 Å². The number of ketones is 1. The molecule has 3 aromatic rings. The maximum atomic E-state index is 11.6. The van der Waals surface area contributed by atoms with Crippen molar-refractivity contribution in [2.24, 2.45) is 5.92 Å². The monoisotopic (exact) mass is 558 g/mol. The highest BCUT2D eigenvalue weighted by atomic mass is 35.5. The van der Waals surface area contributed by atoms with Crippen molar-refractivity contribution in [1.29, 1.82) is 10.5 Å². The Morgan fingerprint density at radius 1 is 0.939 bits per heavy atom. The van der Waals surface area contributed by atoms with Gasteiger partial charge in [0.05, 0.1) is 38.8 Å². The third kappa shape index (κ3) is 7.85. The van der Waals surface area contributed by atoms with Crippen LogP contribution in [0.3, 0.4) is 0 Å². The van der Waals surface area contributed by atoms with E-state index in [-0.39, 0.29) is 29.6 Å². The highest BCUT2D eigenvalue weighted by Gasteiger charge is 2.15. The number of aromatic amines is 1. The van der Waals surface area contributed by atoms with Gasteiger partial charge in [0.15, 0.2) is 5.78 Å². The summed E-state index contributed by atoms with van der Waals surface area (Å²) in [5.41, 5.74) is 2.33. The van der Waals surface area contributed by atoms with Crippen molar-refractivity contribution in [1.82, 2.24) is 4.98 Å². The van der Waals surface area contributed by atoms with E-state index in [1.54, 1.807) is 30.3 Å². The van der Waals surface area contributed by atoms with Crippen LogP contribution in [0.25, 0.3) is 16.1 Å². The first-order valence-corrected chi connectivity index (χ1v) is 10.6. The number of halogens is 6. The van der Waals surface area contributed by atoms with Crippen LogP contribution < -0.4 is 0 Å². The summed E-state index contributed by atoms with van der Waals surface area (Å²) in [5.74, 6) is -1.23. The zero-order chi connectivity index (χ0) is 23.8. The second-order valence-electron chi connectivity index (χ2n) is 6.19. The van der Waals surface area contributed by atoms with E-state index in [2.05, 4.69) is 9.83 Å². The largest absolute Gasteiger partial charge is 0.355 e. The second kappa shape index (κ2) is 13.3. The number of Topliss-reactive ketones (excluding diaryl/α,β-unsaturated/α-hetero) is 1. The molecule has 0 radical (unpaired) electrons. The lowest BCUT2D eigenvalue weighted by Gasteiger charge is -2.02. The van der Waals surface area contributed by atoms with Crippen LogP contribution in [-0.2, 0) is 0 Å². The Hall–Kier alpha value is -2.40. The number of hydrogen-bond donors (Lipinski definition) is 1. The van der Waals surface area contributed by atoms with Gasteiger partial charge in [-0.05, 0) is 42.0 Å². The summed E-state index contributed by atoms with van der Waals surface area (Å²) >= 11 is 29.0. The number of rotatable bonds is 4. The number of carbonyl (C=O) groups is 1. The normalized spacial score (nSPS) is 9.55. The Balaban J connectivity index is 0.000000320. The summed E-state index contributed by atoms with van der Waals surface area (Å²) in [5, 5.41) is 19.0. The summed E-state index contributed by atoms with van der Waals surface area (Å²) in [6.07, 6.45) is -0.134. The van der Waals surface area contributed by atoms with E-state index >= 15 is 0 Å². The van der Waals surface area contributed by atoms with Crippen LogP contribution in [0.4, 0.5) is 5.69 Å². The molecule has 0 unspecified atom stereocenters. The predicted octanol–water partition coefficient (Wildman–Crippen LogP) is 8.84. The molecule has 3 rings (SSSR count). The quantitative estimate of drug-likeness (QED) is 0.255. The molecule has 1 heterocycles. The number of benzene rings is 2. The molecule has 0 saturated heterocycles. The molecule has 0 aliphatic heterocycles. The third-order valence-electron chi connectivity index (χ3n) is 4.04. The highest BCUT2D eigenvalue weighted by molar-refractivity contribution is 6.42. The van der Waals surface area contributed by atoms with Crippen molar-refractivity contribution in [3.05, 3.63) is 84.7 Å². The average molecular weight is 561 g/mol. The average Bonchev–Trinajstić information content (AvgIpc) is 3.16. The predicted molar refractivity (Wildman–Crippen MR) is 135 cm³/mol. The highest BCUT2D eigenvalue weighted by Crippen LogP contribution is 2.33. The lowest BCUT2D eigenvalue weighted by atomic mass is 10.0. The molecule has 0 spiro atoms. The van der Waals surface area contributed by atoms with Crippen molar-refractivity contribution in [2.45, 2.75) is 6.42 Å². The van der Waals surface area contributed by atoms with E-state index in [0.717, 1.165) is 11.3 Å². The zero-order valence-electron chi connectivity index (χ0n) is 16.4. The number of nitriles is 2. The van der Waals surface area contributed by atoms with Crippen LogP contribution in [0.1, 0.15) is 16.8 Å². The van der Waals surface area contributed by atoms with Gasteiger partial charge >= 0.3 is 0 Å². The van der Waals surface area contributed by atoms with Crippen LogP contribution in [0.2, 0.25) is 25.2 Å². The molecule has 0 aliphatic carbocycles. The number of hydrogen-bond acceptors (Lipinski definition) is 3. The van der Waals surface area contributed by atoms with Crippen molar-refractivity contribution in [3.8, 4) is 23.4 Å². The fourth-order valence-corrected chi connectivity index (χ4v) is 3.21. The number of nitrogens with one attached hydrogen (secondary N) is 1. The first-order chi connectivity index (χ1) is 15.2. The number of carbonyl (C=O) groups excluding carboxylic acids is 1. The Kier molecular flexibility index (Phi) is 11.6. The van der Waals surface area contributed by atoms with Crippen LogP contribution in [0, 0.1) is 35.2 Å². The lowest BCUT2D eigenvalue weighted by Crippen LogP contribution is -2.05. The molecule has 0 bridgehead atoms. The maximum absolute atomic E-state index is 11.6. The molecular formula is C22H12Cl6N4O. The molecular weight excluding hydrogens is 549 g/mol. The number of aromatic nitrogens is 1.